The number of hydrogen-bond donors (Lipinski definition) is 1. The van der Waals surface area contributed by atoms with Gasteiger partial charge in [0.1, 0.15) is 6.61 Å². The molecular weight excluding hydrogens is 850 g/mol. The van der Waals surface area contributed by atoms with Gasteiger partial charge in [-0.25, -0.2) is 0 Å². The minimum Gasteiger partial charge on any atom is -0.756 e. The largest absolute Gasteiger partial charge is 0.756 e. The number of allylic oxidation sites excluding steroid dienone is 4. The highest BCUT2D eigenvalue weighted by atomic mass is 31.2. The van der Waals surface area contributed by atoms with Gasteiger partial charge in [-0.2, -0.15) is 0 Å². The molecule has 0 radical (unpaired) electrons. The first-order valence-corrected chi connectivity index (χ1v) is 29.2. The zero-order valence-electron chi connectivity index (χ0n) is 43.1. The zero-order chi connectivity index (χ0) is 48.3. The van der Waals surface area contributed by atoms with Crippen LogP contribution in [-0.2, 0) is 37.5 Å². The van der Waals surface area contributed by atoms with Gasteiger partial charge in [0.15, 0.2) is 6.10 Å². The van der Waals surface area contributed by atoms with Crippen LogP contribution in [0, 0.1) is 0 Å². The van der Waals surface area contributed by atoms with E-state index < -0.39 is 32.5 Å². The molecule has 0 saturated carbocycles. The van der Waals surface area contributed by atoms with Crippen molar-refractivity contribution >= 4 is 25.7 Å². The quantitative estimate of drug-likeness (QED) is 0.0273. The second-order valence-corrected chi connectivity index (χ2v) is 20.1. The Morgan fingerprint density at radius 2 is 0.848 bits per heavy atom. The predicted octanol–water partition coefficient (Wildman–Crippen LogP) is 15.8. The van der Waals surface area contributed by atoms with Crippen LogP contribution in [0.15, 0.2) is 24.3 Å². The van der Waals surface area contributed by atoms with Crippen molar-refractivity contribution in [2.24, 2.45) is 0 Å². The van der Waals surface area contributed by atoms with Crippen molar-refractivity contribution < 1.29 is 42.4 Å². The molecule has 1 unspecified atom stereocenters. The van der Waals surface area contributed by atoms with Gasteiger partial charge in [-0.3, -0.25) is 18.9 Å². The molecular formula is C55H103NO9P-. The fourth-order valence-electron chi connectivity index (χ4n) is 7.94. The third-order valence-corrected chi connectivity index (χ3v) is 13.1. The molecule has 1 amide bonds. The van der Waals surface area contributed by atoms with Crippen LogP contribution < -0.4 is 10.2 Å². The number of hydrogen-bond acceptors (Lipinski definition) is 9. The highest BCUT2D eigenvalue weighted by molar-refractivity contribution is 7.45. The van der Waals surface area contributed by atoms with Gasteiger partial charge >= 0.3 is 11.9 Å². The molecule has 0 aliphatic heterocycles. The summed E-state index contributed by atoms with van der Waals surface area (Å²) in [5.41, 5.74) is 0. The van der Waals surface area contributed by atoms with Crippen molar-refractivity contribution in [3.8, 4) is 0 Å². The lowest BCUT2D eigenvalue weighted by Crippen LogP contribution is -2.31. The number of carbonyl (C=O) groups excluding carboxylic acids is 3. The van der Waals surface area contributed by atoms with E-state index in [4.69, 9.17) is 18.5 Å². The highest BCUT2D eigenvalue weighted by Crippen LogP contribution is 2.38. The Morgan fingerprint density at radius 3 is 1.32 bits per heavy atom. The fourth-order valence-corrected chi connectivity index (χ4v) is 8.68. The molecule has 0 rings (SSSR count). The van der Waals surface area contributed by atoms with Crippen LogP contribution in [0.1, 0.15) is 278 Å². The molecule has 0 bridgehead atoms. The summed E-state index contributed by atoms with van der Waals surface area (Å²) >= 11 is 0. The van der Waals surface area contributed by atoms with E-state index in [-0.39, 0.29) is 38.5 Å². The maximum absolute atomic E-state index is 12.8. The summed E-state index contributed by atoms with van der Waals surface area (Å²) in [5.74, 6) is -1.04. The molecule has 1 N–H and O–H groups in total. The molecule has 388 valence electrons. The second kappa shape index (κ2) is 50.9. The van der Waals surface area contributed by atoms with Crippen molar-refractivity contribution in [1.82, 2.24) is 5.32 Å². The van der Waals surface area contributed by atoms with Crippen LogP contribution in [0.3, 0.4) is 0 Å². The molecule has 10 nitrogen and oxygen atoms in total. The topological polar surface area (TPSA) is 140 Å². The van der Waals surface area contributed by atoms with Crippen LogP contribution in [0.25, 0.3) is 0 Å². The number of carbonyl (C=O) groups is 3. The van der Waals surface area contributed by atoms with Gasteiger partial charge in [-0.15, -0.1) is 0 Å². The van der Waals surface area contributed by atoms with Gasteiger partial charge < -0.3 is 28.7 Å². The number of unbranched alkanes of at least 4 members (excludes halogenated alkanes) is 32. The van der Waals surface area contributed by atoms with Gasteiger partial charge in [-0.1, -0.05) is 231 Å². The molecule has 0 aliphatic carbocycles. The molecule has 66 heavy (non-hydrogen) atoms. The minimum absolute atomic E-state index is 0.0235. The number of ether oxygens (including phenoxy) is 2. The Balaban J connectivity index is 4.52. The lowest BCUT2D eigenvalue weighted by atomic mass is 10.0. The monoisotopic (exact) mass is 953 g/mol. The number of amides is 1. The van der Waals surface area contributed by atoms with Gasteiger partial charge in [0, 0.05) is 25.8 Å². The third-order valence-electron chi connectivity index (χ3n) is 12.1. The van der Waals surface area contributed by atoms with Crippen molar-refractivity contribution in [3.05, 3.63) is 24.3 Å². The average molecular weight is 953 g/mol. The van der Waals surface area contributed by atoms with Crippen LogP contribution in [-0.4, -0.2) is 50.3 Å². The SMILES string of the molecule is CCCCC/C=C\C/C=C\CCCCCCCC(=O)O[C@H](COC(=O)CCCCCCCCCCCCCCC)COP(=O)([O-])OCCNC(=O)CCCCCCCCCCCCCCC. The van der Waals surface area contributed by atoms with E-state index in [1.54, 1.807) is 0 Å². The number of phosphoric acid groups is 1. The molecule has 0 aromatic rings. The number of nitrogens with one attached hydrogen (secondary N) is 1. The van der Waals surface area contributed by atoms with Crippen molar-refractivity contribution in [2.75, 3.05) is 26.4 Å². The van der Waals surface area contributed by atoms with Gasteiger partial charge in [0.25, 0.3) is 7.82 Å². The first-order chi connectivity index (χ1) is 32.2. The van der Waals surface area contributed by atoms with E-state index in [0.29, 0.717) is 19.3 Å². The molecule has 2 atom stereocenters. The van der Waals surface area contributed by atoms with Gasteiger partial charge in [0.05, 0.1) is 13.2 Å². The normalized spacial score (nSPS) is 13.1. The molecule has 11 heteroatoms. The number of rotatable bonds is 52. The van der Waals surface area contributed by atoms with Crippen LogP contribution in [0.2, 0.25) is 0 Å². The Morgan fingerprint density at radius 1 is 0.470 bits per heavy atom. The van der Waals surface area contributed by atoms with Crippen molar-refractivity contribution in [1.29, 1.82) is 0 Å². The van der Waals surface area contributed by atoms with E-state index >= 15 is 0 Å². The molecule has 0 aromatic carbocycles. The second-order valence-electron chi connectivity index (χ2n) is 18.7. The summed E-state index contributed by atoms with van der Waals surface area (Å²) in [5, 5.41) is 2.71. The Labute approximate surface area is 406 Å². The standard InChI is InChI=1S/C55H104NO9P/c1-4-7-10-13-16-19-22-25-26-29-32-35-38-41-44-47-55(59)65-52(50-62-54(58)46-43-40-37-34-31-28-24-21-18-15-12-9-6-3)51-64-66(60,61)63-49-48-56-53(57)45-42-39-36-33-30-27-23-20-17-14-11-8-5-2/h16,19,25-26,52H,4-15,17-18,20-24,27-51H2,1-3H3,(H,56,57)(H,60,61)/p-1/b19-16-,26-25-/t52-/m1/s1. The first-order valence-electron chi connectivity index (χ1n) is 27.8. The first kappa shape index (κ1) is 64.0. The molecule has 0 fully saturated rings. The predicted molar refractivity (Wildman–Crippen MR) is 273 cm³/mol. The highest BCUT2D eigenvalue weighted by Gasteiger charge is 2.21. The fraction of sp³-hybridized carbons (Fsp3) is 0.873. The van der Waals surface area contributed by atoms with Crippen LogP contribution in [0.4, 0.5) is 0 Å². The van der Waals surface area contributed by atoms with Crippen LogP contribution >= 0.6 is 7.82 Å². The van der Waals surface area contributed by atoms with Gasteiger partial charge in [-0.05, 0) is 51.4 Å². The molecule has 0 spiro atoms. The number of esters is 2. The smallest absolute Gasteiger partial charge is 0.306 e. The van der Waals surface area contributed by atoms with Crippen LogP contribution in [0.5, 0.6) is 0 Å². The van der Waals surface area contributed by atoms with E-state index in [2.05, 4.69) is 50.4 Å². The lowest BCUT2D eigenvalue weighted by Gasteiger charge is -2.25. The zero-order valence-corrected chi connectivity index (χ0v) is 44.0. The summed E-state index contributed by atoms with van der Waals surface area (Å²) in [7, 11) is -4.79. The van der Waals surface area contributed by atoms with E-state index in [1.165, 1.54) is 141 Å². The lowest BCUT2D eigenvalue weighted by molar-refractivity contribution is -0.228. The molecule has 0 heterocycles. The maximum atomic E-state index is 12.8. The van der Waals surface area contributed by atoms with Crippen molar-refractivity contribution in [3.63, 3.8) is 0 Å². The number of phosphoric ester groups is 1. The maximum Gasteiger partial charge on any atom is 0.306 e. The summed E-state index contributed by atoms with van der Waals surface area (Å²) in [6.07, 6.45) is 52.2. The summed E-state index contributed by atoms with van der Waals surface area (Å²) in [6, 6.07) is 0. The van der Waals surface area contributed by atoms with E-state index in [0.717, 1.165) is 83.5 Å². The molecule has 0 saturated heterocycles. The summed E-state index contributed by atoms with van der Waals surface area (Å²) in [4.78, 5) is 50.3. The van der Waals surface area contributed by atoms with E-state index in [9.17, 15) is 23.8 Å². The summed E-state index contributed by atoms with van der Waals surface area (Å²) in [6.45, 7) is 5.62. The third kappa shape index (κ3) is 49.9. The van der Waals surface area contributed by atoms with Gasteiger partial charge in [0.2, 0.25) is 5.91 Å². The Kier molecular flexibility index (Phi) is 49.3. The Hall–Kier alpha value is -2.00. The molecule has 0 aliphatic rings. The Bertz CT molecular complexity index is 1190. The van der Waals surface area contributed by atoms with E-state index in [1.807, 2.05) is 0 Å². The minimum atomic E-state index is -4.79. The molecule has 0 aromatic heterocycles. The van der Waals surface area contributed by atoms with Crippen molar-refractivity contribution in [2.45, 2.75) is 284 Å². The summed E-state index contributed by atoms with van der Waals surface area (Å²) < 4.78 is 33.7. The average Bonchev–Trinajstić information content (AvgIpc) is 3.30.